The van der Waals surface area contributed by atoms with Gasteiger partial charge < -0.3 is 10.1 Å². The Morgan fingerprint density at radius 2 is 2.24 bits per heavy atom. The highest BCUT2D eigenvalue weighted by Crippen LogP contribution is 2.36. The number of amides is 1. The van der Waals surface area contributed by atoms with E-state index < -0.39 is 0 Å². The van der Waals surface area contributed by atoms with Gasteiger partial charge in [0.05, 0.1) is 13.0 Å². The van der Waals surface area contributed by atoms with Crippen LogP contribution in [0.3, 0.4) is 0 Å². The molecule has 96 valence electrons. The summed E-state index contributed by atoms with van der Waals surface area (Å²) in [5.74, 6) is 0.859. The SMILES string of the molecule is CCOC(=O)CC1CCCC2CCC(=O)NC21. The van der Waals surface area contributed by atoms with Crippen molar-refractivity contribution in [2.45, 2.75) is 51.5 Å². The molecule has 0 bridgehead atoms. The van der Waals surface area contributed by atoms with Gasteiger partial charge in [-0.05, 0) is 38.0 Å². The second-order valence-electron chi connectivity index (χ2n) is 5.09. The third-order valence-corrected chi connectivity index (χ3v) is 3.97. The van der Waals surface area contributed by atoms with Crippen LogP contribution < -0.4 is 5.32 Å². The number of carbonyl (C=O) groups is 2. The van der Waals surface area contributed by atoms with E-state index in [1.807, 2.05) is 6.92 Å². The molecule has 0 radical (unpaired) electrons. The maximum Gasteiger partial charge on any atom is 0.306 e. The van der Waals surface area contributed by atoms with Gasteiger partial charge in [0.25, 0.3) is 0 Å². The molecule has 0 aromatic carbocycles. The van der Waals surface area contributed by atoms with E-state index in [0.717, 1.165) is 12.8 Å². The molecule has 2 rings (SSSR count). The number of esters is 1. The number of hydrogen-bond donors (Lipinski definition) is 1. The van der Waals surface area contributed by atoms with Gasteiger partial charge in [-0.25, -0.2) is 0 Å². The average molecular weight is 239 g/mol. The number of fused-ring (bicyclic) bond motifs is 1. The van der Waals surface area contributed by atoms with E-state index in [4.69, 9.17) is 4.74 Å². The molecule has 2 aliphatic rings. The van der Waals surface area contributed by atoms with Gasteiger partial charge in [0.15, 0.2) is 0 Å². The van der Waals surface area contributed by atoms with E-state index in [0.29, 0.717) is 25.4 Å². The molecule has 17 heavy (non-hydrogen) atoms. The molecule has 4 heteroatoms. The number of rotatable bonds is 3. The summed E-state index contributed by atoms with van der Waals surface area (Å²) in [6.45, 7) is 2.26. The molecule has 0 spiro atoms. The topological polar surface area (TPSA) is 55.4 Å². The van der Waals surface area contributed by atoms with Gasteiger partial charge in [0.2, 0.25) is 5.91 Å². The molecular formula is C13H21NO3. The van der Waals surface area contributed by atoms with Crippen LogP contribution >= 0.6 is 0 Å². The van der Waals surface area contributed by atoms with Crippen LogP contribution in [0.4, 0.5) is 0 Å². The van der Waals surface area contributed by atoms with Crippen molar-refractivity contribution in [2.75, 3.05) is 6.61 Å². The van der Waals surface area contributed by atoms with Crippen LogP contribution in [0, 0.1) is 11.8 Å². The van der Waals surface area contributed by atoms with E-state index in [-0.39, 0.29) is 23.8 Å². The molecule has 0 aromatic rings. The fourth-order valence-corrected chi connectivity index (χ4v) is 3.18. The van der Waals surface area contributed by atoms with E-state index in [1.165, 1.54) is 12.8 Å². The molecule has 1 aliphatic heterocycles. The maximum absolute atomic E-state index is 11.5. The van der Waals surface area contributed by atoms with Gasteiger partial charge in [-0.3, -0.25) is 9.59 Å². The Labute approximate surface area is 102 Å². The lowest BCUT2D eigenvalue weighted by molar-refractivity contribution is -0.145. The zero-order valence-corrected chi connectivity index (χ0v) is 10.4. The minimum absolute atomic E-state index is 0.127. The van der Waals surface area contributed by atoms with Gasteiger partial charge in [0, 0.05) is 12.5 Å². The van der Waals surface area contributed by atoms with Gasteiger partial charge >= 0.3 is 5.97 Å². The molecule has 1 N–H and O–H groups in total. The predicted molar refractivity (Wildman–Crippen MR) is 63.2 cm³/mol. The first-order valence-corrected chi connectivity index (χ1v) is 6.65. The second kappa shape index (κ2) is 5.52. The standard InChI is InChI=1S/C13H21NO3/c1-2-17-12(16)8-10-5-3-4-9-6-7-11(15)14-13(9)10/h9-10,13H,2-8H2,1H3,(H,14,15). The van der Waals surface area contributed by atoms with Gasteiger partial charge in [0.1, 0.15) is 0 Å². The molecule has 1 saturated carbocycles. The fraction of sp³-hybridized carbons (Fsp3) is 0.846. The summed E-state index contributed by atoms with van der Waals surface area (Å²) < 4.78 is 5.00. The normalized spacial score (nSPS) is 32.5. The van der Waals surface area contributed by atoms with Crippen molar-refractivity contribution in [3.63, 3.8) is 0 Å². The van der Waals surface area contributed by atoms with Gasteiger partial charge in [-0.1, -0.05) is 6.42 Å². The molecule has 1 aliphatic carbocycles. The predicted octanol–water partition coefficient (Wildman–Crippen LogP) is 1.63. The molecule has 2 fully saturated rings. The van der Waals surface area contributed by atoms with Crippen LogP contribution in [-0.2, 0) is 14.3 Å². The average Bonchev–Trinajstić information content (AvgIpc) is 2.30. The molecule has 4 nitrogen and oxygen atoms in total. The monoisotopic (exact) mass is 239 g/mol. The summed E-state index contributed by atoms with van der Waals surface area (Å²) in [7, 11) is 0. The minimum atomic E-state index is -0.127. The lowest BCUT2D eigenvalue weighted by atomic mass is 9.72. The number of carbonyl (C=O) groups excluding carboxylic acids is 2. The molecule has 1 heterocycles. The highest BCUT2D eigenvalue weighted by atomic mass is 16.5. The smallest absolute Gasteiger partial charge is 0.306 e. The van der Waals surface area contributed by atoms with E-state index in [2.05, 4.69) is 5.32 Å². The van der Waals surface area contributed by atoms with E-state index in [1.54, 1.807) is 0 Å². The van der Waals surface area contributed by atoms with Crippen LogP contribution in [0.15, 0.2) is 0 Å². The first kappa shape index (κ1) is 12.4. The first-order valence-electron chi connectivity index (χ1n) is 6.65. The summed E-state index contributed by atoms with van der Waals surface area (Å²) in [6.07, 6.45) is 5.46. The minimum Gasteiger partial charge on any atom is -0.466 e. The van der Waals surface area contributed by atoms with Gasteiger partial charge in [-0.2, -0.15) is 0 Å². The van der Waals surface area contributed by atoms with E-state index in [9.17, 15) is 9.59 Å². The van der Waals surface area contributed by atoms with Crippen LogP contribution in [-0.4, -0.2) is 24.5 Å². The zero-order valence-electron chi connectivity index (χ0n) is 10.4. The first-order chi connectivity index (χ1) is 8.20. The van der Waals surface area contributed by atoms with Crippen molar-refractivity contribution in [1.82, 2.24) is 5.32 Å². The van der Waals surface area contributed by atoms with Crippen LogP contribution in [0.25, 0.3) is 0 Å². The summed E-state index contributed by atoms with van der Waals surface area (Å²) in [5.41, 5.74) is 0. The summed E-state index contributed by atoms with van der Waals surface area (Å²) in [4.78, 5) is 23.0. The molecular weight excluding hydrogens is 218 g/mol. The number of hydrogen-bond acceptors (Lipinski definition) is 3. The lowest BCUT2D eigenvalue weighted by Gasteiger charge is -2.41. The number of nitrogens with one attached hydrogen (secondary N) is 1. The fourth-order valence-electron chi connectivity index (χ4n) is 3.18. The third-order valence-electron chi connectivity index (χ3n) is 3.97. The van der Waals surface area contributed by atoms with E-state index >= 15 is 0 Å². The van der Waals surface area contributed by atoms with Crippen molar-refractivity contribution in [3.05, 3.63) is 0 Å². The van der Waals surface area contributed by atoms with Gasteiger partial charge in [-0.15, -0.1) is 0 Å². The van der Waals surface area contributed by atoms with Crippen molar-refractivity contribution >= 4 is 11.9 Å². The summed E-state index contributed by atoms with van der Waals surface area (Å²) in [5, 5.41) is 3.07. The number of ether oxygens (including phenoxy) is 1. The molecule has 3 unspecified atom stereocenters. The quantitative estimate of drug-likeness (QED) is 0.762. The highest BCUT2D eigenvalue weighted by Gasteiger charge is 2.38. The largest absolute Gasteiger partial charge is 0.466 e. The third kappa shape index (κ3) is 2.99. The lowest BCUT2D eigenvalue weighted by Crippen LogP contribution is -2.51. The second-order valence-corrected chi connectivity index (χ2v) is 5.09. The molecule has 1 saturated heterocycles. The maximum atomic E-state index is 11.5. The summed E-state index contributed by atoms with van der Waals surface area (Å²) >= 11 is 0. The Morgan fingerprint density at radius 3 is 3.00 bits per heavy atom. The molecule has 1 amide bonds. The highest BCUT2D eigenvalue weighted by molar-refractivity contribution is 5.77. The Bertz CT molecular complexity index is 303. The van der Waals surface area contributed by atoms with Crippen LogP contribution in [0.1, 0.15) is 45.4 Å². The van der Waals surface area contributed by atoms with Crippen molar-refractivity contribution in [2.24, 2.45) is 11.8 Å². The Morgan fingerprint density at radius 1 is 1.41 bits per heavy atom. The van der Waals surface area contributed by atoms with Crippen molar-refractivity contribution in [1.29, 1.82) is 0 Å². The van der Waals surface area contributed by atoms with Crippen LogP contribution in [0.5, 0.6) is 0 Å². The number of piperidine rings is 1. The molecule has 0 aromatic heterocycles. The molecule has 3 atom stereocenters. The van der Waals surface area contributed by atoms with Crippen molar-refractivity contribution < 1.29 is 14.3 Å². The Hall–Kier alpha value is -1.06. The Kier molecular flexibility index (Phi) is 4.02. The van der Waals surface area contributed by atoms with Crippen molar-refractivity contribution in [3.8, 4) is 0 Å². The zero-order chi connectivity index (χ0) is 12.3. The Balaban J connectivity index is 1.95. The van der Waals surface area contributed by atoms with Crippen LogP contribution in [0.2, 0.25) is 0 Å². The summed E-state index contributed by atoms with van der Waals surface area (Å²) in [6, 6.07) is 0.203.